The molecular weight excluding hydrogens is 296 g/mol. The van der Waals surface area contributed by atoms with Crippen molar-refractivity contribution in [1.29, 1.82) is 0 Å². The monoisotopic (exact) mass is 310 g/mol. The summed E-state index contributed by atoms with van der Waals surface area (Å²) in [4.78, 5) is 11.6. The van der Waals surface area contributed by atoms with E-state index in [9.17, 15) is 4.79 Å². The first-order valence-electron chi connectivity index (χ1n) is 6.77. The van der Waals surface area contributed by atoms with Gasteiger partial charge in [0.25, 0.3) is 0 Å². The zero-order valence-corrected chi connectivity index (χ0v) is 12.6. The van der Waals surface area contributed by atoms with E-state index < -0.39 is 0 Å². The van der Waals surface area contributed by atoms with Crippen LogP contribution in [0.4, 0.5) is 0 Å². The van der Waals surface area contributed by atoms with E-state index in [0.717, 1.165) is 16.8 Å². The fourth-order valence-corrected chi connectivity index (χ4v) is 2.53. The lowest BCUT2D eigenvalue weighted by Gasteiger charge is -2.04. The lowest BCUT2D eigenvalue weighted by atomic mass is 10.2. The highest BCUT2D eigenvalue weighted by Gasteiger charge is 2.01. The van der Waals surface area contributed by atoms with Crippen LogP contribution in [0.2, 0.25) is 0 Å². The van der Waals surface area contributed by atoms with E-state index in [0.29, 0.717) is 0 Å². The van der Waals surface area contributed by atoms with Crippen LogP contribution in [0.3, 0.4) is 0 Å². The van der Waals surface area contributed by atoms with Gasteiger partial charge in [-0.05, 0) is 52.2 Å². The second kappa shape index (κ2) is 6.87. The van der Waals surface area contributed by atoms with Crippen molar-refractivity contribution >= 4 is 23.4 Å². The minimum atomic E-state index is -0.345. The van der Waals surface area contributed by atoms with E-state index in [1.807, 2.05) is 53.4 Å². The molecule has 0 spiro atoms. The first-order valence-corrected chi connectivity index (χ1v) is 7.71. The van der Waals surface area contributed by atoms with Gasteiger partial charge in [0.05, 0.1) is 5.69 Å². The maximum atomic E-state index is 11.6. The van der Waals surface area contributed by atoms with Gasteiger partial charge < -0.3 is 4.74 Å². The Morgan fingerprint density at radius 1 is 1.27 bits per heavy atom. The number of thiophene rings is 1. The van der Waals surface area contributed by atoms with Crippen molar-refractivity contribution < 1.29 is 9.53 Å². The first-order chi connectivity index (χ1) is 10.8. The normalized spacial score (nSPS) is 10.9. The molecule has 3 rings (SSSR count). The molecule has 3 aromatic rings. The van der Waals surface area contributed by atoms with Crippen LogP contribution in [0.25, 0.3) is 11.8 Å². The smallest absolute Gasteiger partial charge is 0.331 e. The van der Waals surface area contributed by atoms with Gasteiger partial charge in [0, 0.05) is 18.5 Å². The Balaban J connectivity index is 1.54. The predicted octanol–water partition coefficient (Wildman–Crippen LogP) is 3.69. The number of nitrogens with zero attached hydrogens (tertiary/aromatic N) is 2. The molecule has 2 aromatic heterocycles. The molecule has 0 aliphatic carbocycles. The van der Waals surface area contributed by atoms with Crippen molar-refractivity contribution in [1.82, 2.24) is 9.78 Å². The molecule has 0 saturated heterocycles. The van der Waals surface area contributed by atoms with Crippen molar-refractivity contribution in [3.05, 3.63) is 76.8 Å². The van der Waals surface area contributed by atoms with Crippen molar-refractivity contribution in [3.63, 3.8) is 0 Å². The fourth-order valence-electron chi connectivity index (χ4n) is 1.90. The van der Waals surface area contributed by atoms with Gasteiger partial charge in [-0.1, -0.05) is 12.1 Å². The minimum absolute atomic E-state index is 0.256. The van der Waals surface area contributed by atoms with Crippen LogP contribution in [-0.4, -0.2) is 15.7 Å². The third-order valence-electron chi connectivity index (χ3n) is 3.04. The van der Waals surface area contributed by atoms with Gasteiger partial charge in [0.2, 0.25) is 0 Å². The Hall–Kier alpha value is -2.66. The molecule has 0 bridgehead atoms. The number of esters is 1. The van der Waals surface area contributed by atoms with Gasteiger partial charge in [-0.25, -0.2) is 9.48 Å². The van der Waals surface area contributed by atoms with Crippen molar-refractivity contribution in [2.75, 3.05) is 0 Å². The van der Waals surface area contributed by atoms with Crippen LogP contribution in [-0.2, 0) is 16.1 Å². The molecule has 5 heteroatoms. The summed E-state index contributed by atoms with van der Waals surface area (Å²) in [5.74, 6) is -0.345. The standard InChI is InChI=1S/C17H14N2O2S/c20-17(7-4-15-8-11-22-13-15)21-12-14-2-5-16(6-3-14)19-10-1-9-18-19/h1-11,13H,12H2. The third-order valence-corrected chi connectivity index (χ3v) is 3.74. The summed E-state index contributed by atoms with van der Waals surface area (Å²) in [6.07, 6.45) is 6.81. The van der Waals surface area contributed by atoms with Gasteiger partial charge >= 0.3 is 5.97 Å². The summed E-state index contributed by atoms with van der Waals surface area (Å²) in [6, 6.07) is 11.5. The van der Waals surface area contributed by atoms with Crippen LogP contribution in [0.5, 0.6) is 0 Å². The quantitative estimate of drug-likeness (QED) is 0.533. The molecule has 0 saturated carbocycles. The van der Waals surface area contributed by atoms with Crippen LogP contribution >= 0.6 is 11.3 Å². The third kappa shape index (κ3) is 3.71. The Labute approximate surface area is 132 Å². The number of hydrogen-bond acceptors (Lipinski definition) is 4. The summed E-state index contributed by atoms with van der Waals surface area (Å²) < 4.78 is 6.99. The number of benzene rings is 1. The van der Waals surface area contributed by atoms with E-state index in [-0.39, 0.29) is 12.6 Å². The summed E-state index contributed by atoms with van der Waals surface area (Å²) in [5, 5.41) is 8.10. The molecule has 0 aliphatic heterocycles. The van der Waals surface area contributed by atoms with E-state index in [2.05, 4.69) is 5.10 Å². The molecular formula is C17H14N2O2S. The average molecular weight is 310 g/mol. The minimum Gasteiger partial charge on any atom is -0.458 e. The Morgan fingerprint density at radius 2 is 2.14 bits per heavy atom. The second-order valence-electron chi connectivity index (χ2n) is 4.61. The lowest BCUT2D eigenvalue weighted by Crippen LogP contribution is -2.01. The van der Waals surface area contributed by atoms with Gasteiger partial charge in [0.1, 0.15) is 6.61 Å². The number of rotatable bonds is 5. The van der Waals surface area contributed by atoms with Crippen LogP contribution < -0.4 is 0 Å². The molecule has 0 atom stereocenters. The second-order valence-corrected chi connectivity index (χ2v) is 5.39. The van der Waals surface area contributed by atoms with E-state index in [1.165, 1.54) is 6.08 Å². The summed E-state index contributed by atoms with van der Waals surface area (Å²) in [5.41, 5.74) is 2.91. The van der Waals surface area contributed by atoms with Crippen molar-refractivity contribution in [2.45, 2.75) is 6.61 Å². The molecule has 4 nitrogen and oxygen atoms in total. The molecule has 0 fully saturated rings. The maximum Gasteiger partial charge on any atom is 0.331 e. The van der Waals surface area contributed by atoms with Crippen molar-refractivity contribution in [2.24, 2.45) is 0 Å². The molecule has 0 aliphatic rings. The highest BCUT2D eigenvalue weighted by molar-refractivity contribution is 7.08. The molecule has 1 aromatic carbocycles. The fraction of sp³-hybridized carbons (Fsp3) is 0.0588. The average Bonchev–Trinajstić information content (AvgIpc) is 3.24. The summed E-state index contributed by atoms with van der Waals surface area (Å²) in [6.45, 7) is 0.256. The predicted molar refractivity (Wildman–Crippen MR) is 86.7 cm³/mol. The highest BCUT2D eigenvalue weighted by atomic mass is 32.1. The number of hydrogen-bond donors (Lipinski definition) is 0. The molecule has 110 valence electrons. The van der Waals surface area contributed by atoms with Crippen LogP contribution in [0.1, 0.15) is 11.1 Å². The molecule has 22 heavy (non-hydrogen) atoms. The lowest BCUT2D eigenvalue weighted by molar-refractivity contribution is -0.138. The largest absolute Gasteiger partial charge is 0.458 e. The number of aromatic nitrogens is 2. The van der Waals surface area contributed by atoms with Crippen molar-refractivity contribution in [3.8, 4) is 5.69 Å². The zero-order valence-electron chi connectivity index (χ0n) is 11.8. The number of carbonyl (C=O) groups excluding carboxylic acids is 1. The number of ether oxygens (including phenoxy) is 1. The Morgan fingerprint density at radius 3 is 2.82 bits per heavy atom. The molecule has 2 heterocycles. The van der Waals surface area contributed by atoms with Gasteiger partial charge in [-0.3, -0.25) is 0 Å². The highest BCUT2D eigenvalue weighted by Crippen LogP contribution is 2.10. The van der Waals surface area contributed by atoms with E-state index >= 15 is 0 Å². The Bertz CT molecular complexity index is 745. The van der Waals surface area contributed by atoms with Crippen LogP contribution in [0.15, 0.2) is 65.6 Å². The van der Waals surface area contributed by atoms with Gasteiger partial charge in [0.15, 0.2) is 0 Å². The molecule has 0 amide bonds. The van der Waals surface area contributed by atoms with E-state index in [1.54, 1.807) is 28.3 Å². The van der Waals surface area contributed by atoms with Gasteiger partial charge in [-0.2, -0.15) is 16.4 Å². The SMILES string of the molecule is O=C(C=Cc1ccsc1)OCc1ccc(-n2cccn2)cc1. The first kappa shape index (κ1) is 14.3. The Kier molecular flexibility index (Phi) is 4.46. The van der Waals surface area contributed by atoms with E-state index in [4.69, 9.17) is 4.74 Å². The molecule has 0 unspecified atom stereocenters. The molecule has 0 radical (unpaired) electrons. The van der Waals surface area contributed by atoms with Crippen LogP contribution in [0, 0.1) is 0 Å². The van der Waals surface area contributed by atoms with Gasteiger partial charge in [-0.15, -0.1) is 0 Å². The molecule has 0 N–H and O–H groups in total. The number of carbonyl (C=O) groups is 1. The maximum absolute atomic E-state index is 11.6. The topological polar surface area (TPSA) is 44.1 Å². The summed E-state index contributed by atoms with van der Waals surface area (Å²) >= 11 is 1.59. The zero-order chi connectivity index (χ0) is 15.2. The summed E-state index contributed by atoms with van der Waals surface area (Å²) in [7, 11) is 0.